The first-order valence-corrected chi connectivity index (χ1v) is 6.01. The van der Waals surface area contributed by atoms with Crippen molar-refractivity contribution in [3.63, 3.8) is 0 Å². The first-order valence-electron chi connectivity index (χ1n) is 5.02. The summed E-state index contributed by atoms with van der Waals surface area (Å²) in [4.78, 5) is 15.2. The van der Waals surface area contributed by atoms with Gasteiger partial charge in [0.2, 0.25) is 0 Å². The van der Waals surface area contributed by atoms with E-state index in [0.717, 1.165) is 23.5 Å². The Hall–Kier alpha value is -1.49. The Morgan fingerprint density at radius 3 is 3.12 bits per heavy atom. The van der Waals surface area contributed by atoms with Crippen molar-refractivity contribution in [2.75, 3.05) is 11.5 Å². The standard InChI is InChI=1S/C11H13N3OS/c1-8(15)16-6-4-9-7-14-5-2-3-10(12)11(14)13-9/h2-3,5,7H,4,6,12H2,1H3. The SMILES string of the molecule is CC(=O)SCCc1cn2cccc(N)c2n1. The number of hydrogen-bond acceptors (Lipinski definition) is 4. The molecule has 2 heterocycles. The topological polar surface area (TPSA) is 60.4 Å². The van der Waals surface area contributed by atoms with Crippen molar-refractivity contribution in [1.29, 1.82) is 0 Å². The molecule has 0 atom stereocenters. The third-order valence-corrected chi connectivity index (χ3v) is 3.04. The average Bonchev–Trinajstić information content (AvgIpc) is 2.61. The molecule has 0 saturated carbocycles. The Labute approximate surface area is 97.9 Å². The van der Waals surface area contributed by atoms with Crippen molar-refractivity contribution in [3.05, 3.63) is 30.2 Å². The van der Waals surface area contributed by atoms with Crippen LogP contribution in [0.25, 0.3) is 5.65 Å². The lowest BCUT2D eigenvalue weighted by Gasteiger charge is -1.94. The van der Waals surface area contributed by atoms with E-state index in [-0.39, 0.29) is 5.12 Å². The summed E-state index contributed by atoms with van der Waals surface area (Å²) in [5.74, 6) is 0.763. The molecule has 2 aromatic heterocycles. The predicted molar refractivity (Wildman–Crippen MR) is 66.4 cm³/mol. The molecular weight excluding hydrogens is 222 g/mol. The Morgan fingerprint density at radius 2 is 2.44 bits per heavy atom. The van der Waals surface area contributed by atoms with E-state index in [9.17, 15) is 4.79 Å². The van der Waals surface area contributed by atoms with Gasteiger partial charge < -0.3 is 10.1 Å². The van der Waals surface area contributed by atoms with Crippen LogP contribution < -0.4 is 5.73 Å². The predicted octanol–water partition coefficient (Wildman–Crippen LogP) is 1.74. The maximum atomic E-state index is 10.8. The highest BCUT2D eigenvalue weighted by atomic mass is 32.2. The van der Waals surface area contributed by atoms with E-state index in [2.05, 4.69) is 4.98 Å². The highest BCUT2D eigenvalue weighted by Crippen LogP contribution is 2.14. The smallest absolute Gasteiger partial charge is 0.185 e. The zero-order valence-corrected chi connectivity index (χ0v) is 9.83. The van der Waals surface area contributed by atoms with E-state index in [1.165, 1.54) is 11.8 Å². The van der Waals surface area contributed by atoms with Gasteiger partial charge in [-0.3, -0.25) is 4.79 Å². The Balaban J connectivity index is 2.14. The zero-order valence-electron chi connectivity index (χ0n) is 9.01. The number of carbonyl (C=O) groups is 1. The zero-order chi connectivity index (χ0) is 11.5. The summed E-state index contributed by atoms with van der Waals surface area (Å²) >= 11 is 1.32. The van der Waals surface area contributed by atoms with Crippen molar-refractivity contribution in [3.8, 4) is 0 Å². The number of anilines is 1. The van der Waals surface area contributed by atoms with Crippen LogP contribution in [-0.4, -0.2) is 20.3 Å². The molecule has 0 fully saturated rings. The normalized spacial score (nSPS) is 10.8. The van der Waals surface area contributed by atoms with Gasteiger partial charge in [0.15, 0.2) is 10.8 Å². The van der Waals surface area contributed by atoms with Gasteiger partial charge in [-0.25, -0.2) is 4.98 Å². The van der Waals surface area contributed by atoms with Gasteiger partial charge in [-0.15, -0.1) is 0 Å². The molecular formula is C11H13N3OS. The second-order valence-electron chi connectivity index (χ2n) is 3.52. The van der Waals surface area contributed by atoms with Gasteiger partial charge >= 0.3 is 0 Å². The summed E-state index contributed by atoms with van der Waals surface area (Å²) in [5, 5.41) is 0.142. The largest absolute Gasteiger partial charge is 0.396 e. The van der Waals surface area contributed by atoms with Crippen molar-refractivity contribution in [2.45, 2.75) is 13.3 Å². The molecule has 0 spiro atoms. The van der Waals surface area contributed by atoms with Gasteiger partial charge in [0.1, 0.15) is 0 Å². The van der Waals surface area contributed by atoms with Crippen LogP contribution >= 0.6 is 11.8 Å². The first kappa shape index (κ1) is 11.0. The van der Waals surface area contributed by atoms with Crippen LogP contribution in [0.4, 0.5) is 5.69 Å². The molecule has 5 heteroatoms. The Morgan fingerprint density at radius 1 is 1.62 bits per heavy atom. The third-order valence-electron chi connectivity index (χ3n) is 2.23. The maximum Gasteiger partial charge on any atom is 0.185 e. The molecule has 0 aliphatic rings. The van der Waals surface area contributed by atoms with Gasteiger partial charge in [-0.2, -0.15) is 0 Å². The fourth-order valence-electron chi connectivity index (χ4n) is 1.51. The highest BCUT2D eigenvalue weighted by molar-refractivity contribution is 8.13. The van der Waals surface area contributed by atoms with Crippen LogP contribution in [0.3, 0.4) is 0 Å². The van der Waals surface area contributed by atoms with Gasteiger partial charge in [0, 0.05) is 31.5 Å². The number of rotatable bonds is 3. The summed E-state index contributed by atoms with van der Waals surface area (Å²) in [7, 11) is 0. The van der Waals surface area contributed by atoms with Crippen molar-refractivity contribution in [1.82, 2.24) is 9.38 Å². The molecule has 2 aromatic rings. The Kier molecular flexibility index (Phi) is 3.14. The molecule has 0 saturated heterocycles. The van der Waals surface area contributed by atoms with Crippen molar-refractivity contribution < 1.29 is 4.79 Å². The van der Waals surface area contributed by atoms with Gasteiger partial charge in [-0.05, 0) is 12.1 Å². The van der Waals surface area contributed by atoms with E-state index in [1.54, 1.807) is 6.92 Å². The number of fused-ring (bicyclic) bond motifs is 1. The lowest BCUT2D eigenvalue weighted by Crippen LogP contribution is -1.92. The monoisotopic (exact) mass is 235 g/mol. The van der Waals surface area contributed by atoms with E-state index >= 15 is 0 Å². The number of imidazole rings is 1. The number of aromatic nitrogens is 2. The van der Waals surface area contributed by atoms with E-state index in [1.807, 2.05) is 28.9 Å². The molecule has 0 unspecified atom stereocenters. The quantitative estimate of drug-likeness (QED) is 0.880. The number of aryl methyl sites for hydroxylation is 1. The van der Waals surface area contributed by atoms with Crippen LogP contribution in [0, 0.1) is 0 Å². The molecule has 2 N–H and O–H groups in total. The second-order valence-corrected chi connectivity index (χ2v) is 4.79. The fraction of sp³-hybridized carbons (Fsp3) is 0.273. The molecule has 4 nitrogen and oxygen atoms in total. The number of pyridine rings is 1. The average molecular weight is 235 g/mol. The van der Waals surface area contributed by atoms with Crippen LogP contribution in [0.2, 0.25) is 0 Å². The van der Waals surface area contributed by atoms with Crippen LogP contribution in [-0.2, 0) is 11.2 Å². The minimum absolute atomic E-state index is 0.142. The summed E-state index contributed by atoms with van der Waals surface area (Å²) in [6.07, 6.45) is 4.65. The Bertz CT molecular complexity index is 521. The molecule has 0 aliphatic carbocycles. The van der Waals surface area contributed by atoms with Crippen LogP contribution in [0.15, 0.2) is 24.5 Å². The van der Waals surface area contributed by atoms with E-state index in [0.29, 0.717) is 5.69 Å². The summed E-state index contributed by atoms with van der Waals surface area (Å²) < 4.78 is 1.91. The number of hydrogen-bond donors (Lipinski definition) is 1. The molecule has 0 amide bonds. The number of nitrogens with two attached hydrogens (primary N) is 1. The van der Waals surface area contributed by atoms with E-state index in [4.69, 9.17) is 5.73 Å². The number of carbonyl (C=O) groups excluding carboxylic acids is 1. The number of nitrogen functional groups attached to an aromatic ring is 1. The maximum absolute atomic E-state index is 10.8. The highest BCUT2D eigenvalue weighted by Gasteiger charge is 2.04. The van der Waals surface area contributed by atoms with Crippen molar-refractivity contribution >= 4 is 28.2 Å². The number of nitrogens with zero attached hydrogens (tertiary/aromatic N) is 2. The van der Waals surface area contributed by atoms with Crippen LogP contribution in [0.5, 0.6) is 0 Å². The van der Waals surface area contributed by atoms with Crippen molar-refractivity contribution in [2.24, 2.45) is 0 Å². The molecule has 0 aromatic carbocycles. The lowest BCUT2D eigenvalue weighted by atomic mass is 10.4. The second kappa shape index (κ2) is 4.57. The van der Waals surface area contributed by atoms with Gasteiger partial charge in [-0.1, -0.05) is 11.8 Å². The molecule has 16 heavy (non-hydrogen) atoms. The summed E-state index contributed by atoms with van der Waals surface area (Å²) in [5.41, 5.74) is 8.23. The van der Waals surface area contributed by atoms with Crippen LogP contribution in [0.1, 0.15) is 12.6 Å². The molecule has 0 aliphatic heterocycles. The minimum Gasteiger partial charge on any atom is -0.396 e. The fourth-order valence-corrected chi connectivity index (χ4v) is 2.10. The van der Waals surface area contributed by atoms with Gasteiger partial charge in [0.05, 0.1) is 11.4 Å². The summed E-state index contributed by atoms with van der Waals surface area (Å²) in [6, 6.07) is 3.72. The minimum atomic E-state index is 0.142. The first-order chi connectivity index (χ1) is 7.66. The molecule has 0 bridgehead atoms. The number of thioether (sulfide) groups is 1. The molecule has 84 valence electrons. The van der Waals surface area contributed by atoms with E-state index < -0.39 is 0 Å². The lowest BCUT2D eigenvalue weighted by molar-refractivity contribution is -0.109. The van der Waals surface area contributed by atoms with Gasteiger partial charge in [0.25, 0.3) is 0 Å². The molecule has 0 radical (unpaired) electrons. The third kappa shape index (κ3) is 2.36. The summed E-state index contributed by atoms with van der Waals surface area (Å²) in [6.45, 7) is 1.58. The molecule has 2 rings (SSSR count).